The van der Waals surface area contributed by atoms with E-state index in [0.29, 0.717) is 13.2 Å². The molecule has 3 heteroatoms. The maximum atomic E-state index is 12.3. The molecule has 0 fully saturated rings. The molecule has 0 atom stereocenters. The minimum absolute atomic E-state index is 0.0734. The minimum atomic E-state index is -0.393. The first-order valence-corrected chi connectivity index (χ1v) is 11.7. The highest BCUT2D eigenvalue weighted by atomic mass is 16.5. The third kappa shape index (κ3) is 3.69. The molecule has 0 aromatic heterocycles. The molecule has 1 N–H and O–H groups in total. The Morgan fingerprint density at radius 2 is 1.44 bits per heavy atom. The smallest absolute Gasteiger partial charge is 0.407 e. The van der Waals surface area contributed by atoms with E-state index in [1.165, 1.54) is 44.5 Å². The lowest BCUT2D eigenvalue weighted by Crippen LogP contribution is -2.26. The first-order valence-electron chi connectivity index (χ1n) is 11.7. The predicted molar refractivity (Wildman–Crippen MR) is 137 cm³/mol. The van der Waals surface area contributed by atoms with Gasteiger partial charge in [-0.15, -0.1) is 0 Å². The Morgan fingerprint density at radius 1 is 0.794 bits per heavy atom. The van der Waals surface area contributed by atoms with Crippen LogP contribution >= 0.6 is 0 Å². The lowest BCUT2D eigenvalue weighted by Gasteiger charge is -2.14. The average molecular weight is 444 g/mol. The fraction of sp³-hybridized carbons (Fsp3) is 0.129. The van der Waals surface area contributed by atoms with E-state index in [4.69, 9.17) is 4.74 Å². The molecular weight excluding hydrogens is 418 g/mol. The van der Waals surface area contributed by atoms with Gasteiger partial charge < -0.3 is 10.1 Å². The highest BCUT2D eigenvalue weighted by molar-refractivity contribution is 5.79. The first-order chi connectivity index (χ1) is 16.8. The molecule has 0 saturated carbocycles. The molecule has 0 aliphatic heterocycles. The molecule has 166 valence electrons. The Hall–Kier alpha value is -4.11. The normalized spacial score (nSPS) is 13.3. The van der Waals surface area contributed by atoms with Crippen LogP contribution in [0.25, 0.3) is 28.3 Å². The van der Waals surface area contributed by atoms with Crippen molar-refractivity contribution in [3.63, 3.8) is 0 Å². The van der Waals surface area contributed by atoms with Crippen LogP contribution in [0, 0.1) is 0 Å². The Kier molecular flexibility index (Phi) is 5.23. The highest BCUT2D eigenvalue weighted by Gasteiger charge is 2.28. The number of hydrogen-bond donors (Lipinski definition) is 1. The predicted octanol–water partition coefficient (Wildman–Crippen LogP) is 6.81. The quantitative estimate of drug-likeness (QED) is 0.324. The molecule has 3 nitrogen and oxygen atoms in total. The fourth-order valence-corrected chi connectivity index (χ4v) is 5.26. The summed E-state index contributed by atoms with van der Waals surface area (Å²) in [6.07, 6.45) is 4.60. The average Bonchev–Trinajstić information content (AvgIpc) is 3.40. The van der Waals surface area contributed by atoms with Gasteiger partial charge in [0.2, 0.25) is 0 Å². The molecule has 4 aromatic carbocycles. The Bertz CT molecular complexity index is 1370. The second-order valence-corrected chi connectivity index (χ2v) is 8.86. The van der Waals surface area contributed by atoms with Gasteiger partial charge in [-0.25, -0.2) is 4.79 Å². The van der Waals surface area contributed by atoms with Crippen LogP contribution in [0.4, 0.5) is 4.79 Å². The molecule has 0 unspecified atom stereocenters. The van der Waals surface area contributed by atoms with Gasteiger partial charge in [-0.2, -0.15) is 0 Å². The molecule has 2 aliphatic rings. The number of carbonyl (C=O) groups excluding carboxylic acids is 1. The number of amides is 1. The summed E-state index contributed by atoms with van der Waals surface area (Å²) in [5.41, 5.74) is 11.4. The van der Waals surface area contributed by atoms with Crippen LogP contribution in [0.2, 0.25) is 0 Å². The van der Waals surface area contributed by atoms with Crippen molar-refractivity contribution in [2.45, 2.75) is 12.3 Å². The summed E-state index contributed by atoms with van der Waals surface area (Å²) in [5.74, 6) is 0.0734. The zero-order valence-corrected chi connectivity index (χ0v) is 18.8. The van der Waals surface area contributed by atoms with E-state index in [1.54, 1.807) is 0 Å². The van der Waals surface area contributed by atoms with Crippen LogP contribution in [-0.2, 0) is 11.2 Å². The second-order valence-electron chi connectivity index (χ2n) is 8.86. The van der Waals surface area contributed by atoms with Crippen LogP contribution < -0.4 is 5.32 Å². The van der Waals surface area contributed by atoms with Crippen LogP contribution in [0.3, 0.4) is 0 Å². The zero-order chi connectivity index (χ0) is 22.9. The van der Waals surface area contributed by atoms with Crippen molar-refractivity contribution in [3.05, 3.63) is 125 Å². The van der Waals surface area contributed by atoms with Crippen LogP contribution in [0.5, 0.6) is 0 Å². The van der Waals surface area contributed by atoms with Crippen LogP contribution in [0.15, 0.2) is 97.1 Å². The lowest BCUT2D eigenvalue weighted by atomic mass is 9.98. The first kappa shape index (κ1) is 20.5. The SMILES string of the molecule is O=C(NCC=Cc1ccc2c(c1)Cc1ccccc1-2)OCC1c2ccccc2-c2ccccc21. The number of benzene rings is 4. The van der Waals surface area contributed by atoms with Gasteiger partial charge in [0.15, 0.2) is 0 Å². The van der Waals surface area contributed by atoms with Gasteiger partial charge in [-0.3, -0.25) is 0 Å². The van der Waals surface area contributed by atoms with Gasteiger partial charge in [0, 0.05) is 12.5 Å². The van der Waals surface area contributed by atoms with Gasteiger partial charge >= 0.3 is 6.09 Å². The second kappa shape index (κ2) is 8.68. The minimum Gasteiger partial charge on any atom is -0.449 e. The molecule has 0 heterocycles. The summed E-state index contributed by atoms with van der Waals surface area (Å²) in [6.45, 7) is 0.753. The van der Waals surface area contributed by atoms with Crippen molar-refractivity contribution in [2.24, 2.45) is 0 Å². The van der Waals surface area contributed by atoms with Crippen molar-refractivity contribution < 1.29 is 9.53 Å². The summed E-state index contributed by atoms with van der Waals surface area (Å²) in [6, 6.07) is 31.8. The van der Waals surface area contributed by atoms with E-state index >= 15 is 0 Å². The number of hydrogen-bond acceptors (Lipinski definition) is 2. The number of alkyl carbamates (subject to hydrolysis) is 1. The summed E-state index contributed by atoms with van der Waals surface area (Å²) >= 11 is 0. The third-order valence-electron chi connectivity index (χ3n) is 6.84. The van der Waals surface area contributed by atoms with Crippen molar-refractivity contribution in [1.29, 1.82) is 0 Å². The van der Waals surface area contributed by atoms with Gasteiger partial charge in [0.1, 0.15) is 6.61 Å². The van der Waals surface area contributed by atoms with Gasteiger partial charge in [-0.1, -0.05) is 103 Å². The Balaban J connectivity index is 1.05. The van der Waals surface area contributed by atoms with Gasteiger partial charge in [-0.05, 0) is 56.5 Å². The largest absolute Gasteiger partial charge is 0.449 e. The molecule has 0 bridgehead atoms. The highest BCUT2D eigenvalue weighted by Crippen LogP contribution is 2.44. The van der Waals surface area contributed by atoms with Gasteiger partial charge in [0.25, 0.3) is 0 Å². The number of rotatable bonds is 5. The number of fused-ring (bicyclic) bond motifs is 6. The Labute approximate surface area is 199 Å². The van der Waals surface area contributed by atoms with E-state index in [0.717, 1.165) is 12.0 Å². The molecule has 34 heavy (non-hydrogen) atoms. The van der Waals surface area contributed by atoms with Crippen molar-refractivity contribution in [2.75, 3.05) is 13.2 Å². The summed E-state index contributed by atoms with van der Waals surface area (Å²) in [7, 11) is 0. The molecule has 6 rings (SSSR count). The lowest BCUT2D eigenvalue weighted by molar-refractivity contribution is 0.144. The topological polar surface area (TPSA) is 38.3 Å². The number of nitrogens with one attached hydrogen (secondary N) is 1. The van der Waals surface area contributed by atoms with Crippen LogP contribution in [-0.4, -0.2) is 19.2 Å². The fourth-order valence-electron chi connectivity index (χ4n) is 5.26. The van der Waals surface area contributed by atoms with Crippen LogP contribution in [0.1, 0.15) is 33.7 Å². The van der Waals surface area contributed by atoms with E-state index in [1.807, 2.05) is 24.3 Å². The maximum absolute atomic E-state index is 12.3. The van der Waals surface area contributed by atoms with Crippen molar-refractivity contribution >= 4 is 12.2 Å². The summed E-state index contributed by atoms with van der Waals surface area (Å²) < 4.78 is 5.60. The van der Waals surface area contributed by atoms with E-state index in [2.05, 4.69) is 84.2 Å². The van der Waals surface area contributed by atoms with Crippen molar-refractivity contribution in [1.82, 2.24) is 5.32 Å². The maximum Gasteiger partial charge on any atom is 0.407 e. The van der Waals surface area contributed by atoms with E-state index < -0.39 is 6.09 Å². The number of carbonyl (C=O) groups is 1. The molecule has 1 amide bonds. The molecule has 0 radical (unpaired) electrons. The molecule has 0 saturated heterocycles. The standard InChI is InChI=1S/C31H25NO2/c33-31(34-20-30-28-13-5-3-11-26(28)27-12-4-6-14-29(27)30)32-17-7-8-21-15-16-25-23(18-21)19-22-9-1-2-10-24(22)25/h1-16,18,30H,17,19-20H2,(H,32,33). The van der Waals surface area contributed by atoms with E-state index in [-0.39, 0.29) is 5.92 Å². The monoisotopic (exact) mass is 443 g/mol. The molecular formula is C31H25NO2. The van der Waals surface area contributed by atoms with Gasteiger partial charge in [0.05, 0.1) is 0 Å². The molecule has 2 aliphatic carbocycles. The summed E-state index contributed by atoms with van der Waals surface area (Å²) in [4.78, 5) is 12.3. The molecule has 4 aromatic rings. The summed E-state index contributed by atoms with van der Waals surface area (Å²) in [5, 5.41) is 2.84. The zero-order valence-electron chi connectivity index (χ0n) is 18.8. The van der Waals surface area contributed by atoms with Crippen molar-refractivity contribution in [3.8, 4) is 22.3 Å². The van der Waals surface area contributed by atoms with E-state index in [9.17, 15) is 4.79 Å². The Morgan fingerprint density at radius 3 is 2.21 bits per heavy atom. The third-order valence-corrected chi connectivity index (χ3v) is 6.84. The molecule has 0 spiro atoms. The number of ether oxygens (including phenoxy) is 1.